The lowest BCUT2D eigenvalue weighted by atomic mass is 9.74. The van der Waals surface area contributed by atoms with Crippen LogP contribution in [0.1, 0.15) is 67.7 Å². The van der Waals surface area contributed by atoms with Gasteiger partial charge in [-0.25, -0.2) is 4.79 Å². The Bertz CT molecular complexity index is 841. The molecule has 7 atom stereocenters. The first-order chi connectivity index (χ1) is 14.9. The summed E-state index contributed by atoms with van der Waals surface area (Å²) in [4.78, 5) is 38.3. The molecule has 0 amide bonds. The third-order valence-electron chi connectivity index (χ3n) is 7.27. The molecule has 32 heavy (non-hydrogen) atoms. The molecule has 3 unspecified atom stereocenters. The van der Waals surface area contributed by atoms with Gasteiger partial charge in [-0.05, 0) is 53.0 Å². The van der Waals surface area contributed by atoms with Gasteiger partial charge in [-0.2, -0.15) is 0 Å². The number of epoxide rings is 2. The summed E-state index contributed by atoms with van der Waals surface area (Å²) in [6.45, 7) is 17.0. The van der Waals surface area contributed by atoms with Crippen molar-refractivity contribution in [3.63, 3.8) is 0 Å². The number of allylic oxidation sites excluding steroid dienone is 1. The molecule has 0 spiro atoms. The summed E-state index contributed by atoms with van der Waals surface area (Å²) in [7, 11) is 0. The first-order valence-corrected chi connectivity index (χ1v) is 11.5. The van der Waals surface area contributed by atoms with Crippen LogP contribution < -0.4 is 0 Å². The van der Waals surface area contributed by atoms with E-state index in [1.165, 1.54) is 0 Å². The van der Waals surface area contributed by atoms with E-state index in [9.17, 15) is 14.4 Å². The van der Waals surface area contributed by atoms with Crippen molar-refractivity contribution in [1.82, 2.24) is 0 Å². The Balaban J connectivity index is 1.85. The quantitative estimate of drug-likeness (QED) is 0.230. The number of esters is 2. The standard InChI is InChI=1S/C25H36O7/c1-9-13(3)22(27)29-17(12-18-24(6,7)31-18)15(5)16-11-19-25(8,32-19)21(26)20(16)30-23(28)14(4)10-2/h9,14,16-20H,5,10-12H2,1-4,6-8H3/b13-9+/t14?,16-,17?,18?,19-,20-,25-/m1/s1. The van der Waals surface area contributed by atoms with Crippen LogP contribution in [0.15, 0.2) is 23.8 Å². The van der Waals surface area contributed by atoms with Gasteiger partial charge in [0.25, 0.3) is 0 Å². The number of hydrogen-bond acceptors (Lipinski definition) is 7. The summed E-state index contributed by atoms with van der Waals surface area (Å²) in [5.74, 6) is -1.94. The van der Waals surface area contributed by atoms with Gasteiger partial charge in [0.2, 0.25) is 5.78 Å². The highest BCUT2D eigenvalue weighted by atomic mass is 16.6. The van der Waals surface area contributed by atoms with Gasteiger partial charge in [0, 0.05) is 17.9 Å². The van der Waals surface area contributed by atoms with Gasteiger partial charge in [0.1, 0.15) is 6.10 Å². The molecule has 0 aromatic carbocycles. The van der Waals surface area contributed by atoms with Crippen LogP contribution in [0.5, 0.6) is 0 Å². The molecule has 0 N–H and O–H groups in total. The normalized spacial score (nSPS) is 34.7. The van der Waals surface area contributed by atoms with Crippen LogP contribution in [0.3, 0.4) is 0 Å². The van der Waals surface area contributed by atoms with Crippen LogP contribution >= 0.6 is 0 Å². The Morgan fingerprint density at radius 2 is 1.91 bits per heavy atom. The molecule has 7 nitrogen and oxygen atoms in total. The van der Waals surface area contributed by atoms with E-state index in [2.05, 4.69) is 6.58 Å². The van der Waals surface area contributed by atoms with Gasteiger partial charge >= 0.3 is 11.9 Å². The van der Waals surface area contributed by atoms with Crippen molar-refractivity contribution < 1.29 is 33.3 Å². The van der Waals surface area contributed by atoms with Crippen LogP contribution in [0.2, 0.25) is 0 Å². The maximum atomic E-state index is 13.2. The molecule has 178 valence electrons. The number of ketones is 1. The lowest BCUT2D eigenvalue weighted by molar-refractivity contribution is -0.164. The van der Waals surface area contributed by atoms with E-state index in [0.29, 0.717) is 30.4 Å². The molecule has 1 aliphatic carbocycles. The average Bonchev–Trinajstić information content (AvgIpc) is 3.60. The second-order valence-electron chi connectivity index (χ2n) is 9.97. The summed E-state index contributed by atoms with van der Waals surface area (Å²) in [6.07, 6.45) is 1.17. The zero-order valence-electron chi connectivity index (χ0n) is 20.2. The molecule has 1 saturated carbocycles. The summed E-state index contributed by atoms with van der Waals surface area (Å²) in [5.41, 5.74) is -0.187. The first kappa shape index (κ1) is 24.6. The number of ether oxygens (including phenoxy) is 4. The zero-order valence-corrected chi connectivity index (χ0v) is 20.2. The van der Waals surface area contributed by atoms with E-state index < -0.39 is 35.7 Å². The highest BCUT2D eigenvalue weighted by molar-refractivity contribution is 5.97. The van der Waals surface area contributed by atoms with Crippen LogP contribution in [0, 0.1) is 11.8 Å². The minimum atomic E-state index is -1.01. The molecule has 0 aromatic rings. The monoisotopic (exact) mass is 448 g/mol. The maximum Gasteiger partial charge on any atom is 0.333 e. The first-order valence-electron chi connectivity index (χ1n) is 11.5. The van der Waals surface area contributed by atoms with E-state index in [1.807, 2.05) is 20.8 Å². The molecule has 3 rings (SSSR count). The summed E-state index contributed by atoms with van der Waals surface area (Å²) in [5, 5.41) is 0. The van der Waals surface area contributed by atoms with Crippen LogP contribution in [0.4, 0.5) is 0 Å². The number of rotatable bonds is 9. The molecule has 3 fully saturated rings. The highest BCUT2D eigenvalue weighted by Gasteiger charge is 2.66. The van der Waals surface area contributed by atoms with Crippen molar-refractivity contribution in [2.45, 2.75) is 103 Å². The molecule has 7 heteroatoms. The number of Topliss-reactive ketones (excluding diaryl/α,β-unsaturated/α-hetero) is 1. The highest BCUT2D eigenvalue weighted by Crippen LogP contribution is 2.51. The second-order valence-corrected chi connectivity index (χ2v) is 9.97. The lowest BCUT2D eigenvalue weighted by Crippen LogP contribution is -2.49. The zero-order chi connectivity index (χ0) is 24.0. The van der Waals surface area contributed by atoms with E-state index in [4.69, 9.17) is 18.9 Å². The maximum absolute atomic E-state index is 13.2. The molecular weight excluding hydrogens is 412 g/mol. The minimum absolute atomic E-state index is 0.0918. The van der Waals surface area contributed by atoms with Crippen molar-refractivity contribution >= 4 is 17.7 Å². The Morgan fingerprint density at radius 3 is 2.44 bits per heavy atom. The van der Waals surface area contributed by atoms with Crippen molar-refractivity contribution in [2.75, 3.05) is 0 Å². The predicted molar refractivity (Wildman–Crippen MR) is 118 cm³/mol. The van der Waals surface area contributed by atoms with Crippen LogP contribution in [-0.4, -0.2) is 53.3 Å². The second kappa shape index (κ2) is 8.75. The van der Waals surface area contributed by atoms with Crippen molar-refractivity contribution in [1.29, 1.82) is 0 Å². The fourth-order valence-electron chi connectivity index (χ4n) is 4.17. The van der Waals surface area contributed by atoms with E-state index in [0.717, 1.165) is 0 Å². The lowest BCUT2D eigenvalue weighted by Gasteiger charge is -2.35. The Kier molecular flexibility index (Phi) is 6.74. The predicted octanol–water partition coefficient (Wildman–Crippen LogP) is 3.69. The molecule has 2 saturated heterocycles. The van der Waals surface area contributed by atoms with Crippen molar-refractivity contribution in [2.24, 2.45) is 11.8 Å². The van der Waals surface area contributed by atoms with Crippen LogP contribution in [-0.2, 0) is 33.3 Å². The molecular formula is C25H36O7. The molecule has 0 aromatic heterocycles. The Labute approximate surface area is 190 Å². The van der Waals surface area contributed by atoms with Crippen molar-refractivity contribution in [3.05, 3.63) is 23.8 Å². The van der Waals surface area contributed by atoms with Gasteiger partial charge in [-0.1, -0.05) is 26.5 Å². The van der Waals surface area contributed by atoms with E-state index in [-0.39, 0.29) is 29.5 Å². The summed E-state index contributed by atoms with van der Waals surface area (Å²) >= 11 is 0. The SMILES string of the molecule is C=C(C(CC1OC1(C)C)OC(=O)/C(C)=C/C)[C@H]1C[C@H]2O[C@@]2(C)C(=O)[C@@H]1OC(=O)C(C)CC. The van der Waals surface area contributed by atoms with E-state index >= 15 is 0 Å². The minimum Gasteiger partial charge on any atom is -0.454 e. The van der Waals surface area contributed by atoms with Gasteiger partial charge in [0.05, 0.1) is 23.7 Å². The Hall–Kier alpha value is -1.99. The summed E-state index contributed by atoms with van der Waals surface area (Å²) < 4.78 is 22.9. The molecule has 0 radical (unpaired) electrons. The molecule has 3 aliphatic rings. The fourth-order valence-corrected chi connectivity index (χ4v) is 4.17. The Morgan fingerprint density at radius 1 is 1.28 bits per heavy atom. The third-order valence-corrected chi connectivity index (χ3v) is 7.27. The number of hydrogen-bond donors (Lipinski definition) is 0. The molecule has 2 aliphatic heterocycles. The number of carbonyl (C=O) groups excluding carboxylic acids is 3. The van der Waals surface area contributed by atoms with Crippen LogP contribution in [0.25, 0.3) is 0 Å². The smallest absolute Gasteiger partial charge is 0.333 e. The third kappa shape index (κ3) is 4.69. The molecule has 2 heterocycles. The topological polar surface area (TPSA) is 94.7 Å². The largest absolute Gasteiger partial charge is 0.454 e. The van der Waals surface area contributed by atoms with Gasteiger partial charge in [0.15, 0.2) is 11.7 Å². The van der Waals surface area contributed by atoms with Gasteiger partial charge < -0.3 is 18.9 Å². The van der Waals surface area contributed by atoms with E-state index in [1.54, 1.807) is 33.8 Å². The van der Waals surface area contributed by atoms with Gasteiger partial charge in [-0.15, -0.1) is 0 Å². The number of fused-ring (bicyclic) bond motifs is 1. The number of carbonyl (C=O) groups is 3. The average molecular weight is 449 g/mol. The fraction of sp³-hybridized carbons (Fsp3) is 0.720. The van der Waals surface area contributed by atoms with Crippen molar-refractivity contribution in [3.8, 4) is 0 Å². The summed E-state index contributed by atoms with van der Waals surface area (Å²) in [6, 6.07) is 0. The van der Waals surface area contributed by atoms with Gasteiger partial charge in [-0.3, -0.25) is 9.59 Å². The molecule has 0 bridgehead atoms.